The summed E-state index contributed by atoms with van der Waals surface area (Å²) >= 11 is 0. The highest BCUT2D eigenvalue weighted by atomic mass is 16.5. The van der Waals surface area contributed by atoms with Crippen molar-refractivity contribution >= 4 is 11.5 Å². The molecule has 2 aromatic rings. The fraction of sp³-hybridized carbons (Fsp3) is 0.412. The molecule has 0 bridgehead atoms. The fourth-order valence-corrected chi connectivity index (χ4v) is 2.72. The van der Waals surface area contributed by atoms with Gasteiger partial charge in [-0.15, -0.1) is 0 Å². The third kappa shape index (κ3) is 3.90. The number of ether oxygens (including phenoxy) is 2. The largest absolute Gasteiger partial charge is 0.437 e. The first-order valence-electron chi connectivity index (χ1n) is 7.84. The lowest BCUT2D eigenvalue weighted by atomic mass is 10.1. The lowest BCUT2D eigenvalue weighted by Gasteiger charge is -2.14. The predicted molar refractivity (Wildman–Crippen MR) is 89.9 cm³/mol. The molecule has 1 aromatic carbocycles. The first-order valence-corrected chi connectivity index (χ1v) is 7.84. The van der Waals surface area contributed by atoms with Crippen molar-refractivity contribution in [2.45, 2.75) is 32.8 Å². The number of hydrogen-bond donors (Lipinski definition) is 2. The minimum atomic E-state index is 0.216. The second kappa shape index (κ2) is 6.83. The van der Waals surface area contributed by atoms with Crippen LogP contribution in [0.2, 0.25) is 0 Å². The molecule has 0 spiro atoms. The average molecular weight is 314 g/mol. The Morgan fingerprint density at radius 1 is 1.26 bits per heavy atom. The Hall–Kier alpha value is -2.34. The minimum absolute atomic E-state index is 0.216. The van der Waals surface area contributed by atoms with Gasteiger partial charge in [-0.05, 0) is 49.9 Å². The molecule has 0 saturated carbocycles. The number of nitrogen functional groups attached to an aromatic ring is 1. The highest BCUT2D eigenvalue weighted by Gasteiger charge is 2.17. The van der Waals surface area contributed by atoms with Crippen LogP contribution in [0.4, 0.5) is 11.5 Å². The van der Waals surface area contributed by atoms with Gasteiger partial charge < -0.3 is 20.5 Å². The van der Waals surface area contributed by atoms with E-state index in [0.717, 1.165) is 36.3 Å². The highest BCUT2D eigenvalue weighted by molar-refractivity contribution is 5.67. The van der Waals surface area contributed by atoms with Gasteiger partial charge in [0.1, 0.15) is 17.8 Å². The number of hydrogen-bond acceptors (Lipinski definition) is 6. The SMILES string of the molecule is Cc1cc(C)cc(Oc2ncnc(NCC3CCCO3)c2N)c1. The van der Waals surface area contributed by atoms with E-state index in [-0.39, 0.29) is 6.10 Å². The molecule has 23 heavy (non-hydrogen) atoms. The summed E-state index contributed by atoms with van der Waals surface area (Å²) < 4.78 is 11.4. The molecule has 1 aliphatic heterocycles. The van der Waals surface area contributed by atoms with Gasteiger partial charge >= 0.3 is 0 Å². The van der Waals surface area contributed by atoms with Gasteiger partial charge in [0, 0.05) is 13.2 Å². The van der Waals surface area contributed by atoms with E-state index in [1.54, 1.807) is 0 Å². The normalized spacial score (nSPS) is 17.2. The molecule has 6 heteroatoms. The third-order valence-electron chi connectivity index (χ3n) is 3.78. The number of nitrogens with two attached hydrogens (primary N) is 1. The maximum absolute atomic E-state index is 6.14. The smallest absolute Gasteiger partial charge is 0.248 e. The number of benzene rings is 1. The van der Waals surface area contributed by atoms with Crippen molar-refractivity contribution in [1.29, 1.82) is 0 Å². The number of aromatic nitrogens is 2. The summed E-state index contributed by atoms with van der Waals surface area (Å²) in [5.41, 5.74) is 8.80. The third-order valence-corrected chi connectivity index (χ3v) is 3.78. The van der Waals surface area contributed by atoms with Crippen molar-refractivity contribution in [3.8, 4) is 11.6 Å². The van der Waals surface area contributed by atoms with E-state index >= 15 is 0 Å². The zero-order valence-corrected chi connectivity index (χ0v) is 13.5. The topological polar surface area (TPSA) is 82.3 Å². The van der Waals surface area contributed by atoms with E-state index in [1.807, 2.05) is 26.0 Å². The van der Waals surface area contributed by atoms with Crippen LogP contribution in [0.3, 0.4) is 0 Å². The molecule has 0 radical (unpaired) electrons. The Morgan fingerprint density at radius 3 is 2.74 bits per heavy atom. The molecule has 0 aliphatic carbocycles. The molecule has 3 N–H and O–H groups in total. The molecule has 1 aromatic heterocycles. The van der Waals surface area contributed by atoms with Crippen LogP contribution in [-0.4, -0.2) is 29.2 Å². The number of anilines is 2. The van der Waals surface area contributed by atoms with Crippen molar-refractivity contribution < 1.29 is 9.47 Å². The second-order valence-electron chi connectivity index (χ2n) is 5.88. The summed E-state index contributed by atoms with van der Waals surface area (Å²) in [6.45, 7) is 5.56. The minimum Gasteiger partial charge on any atom is -0.437 e. The quantitative estimate of drug-likeness (QED) is 0.882. The van der Waals surface area contributed by atoms with Crippen molar-refractivity contribution in [1.82, 2.24) is 9.97 Å². The molecule has 122 valence electrons. The Kier molecular flexibility index (Phi) is 4.62. The van der Waals surface area contributed by atoms with Gasteiger partial charge in [0.2, 0.25) is 5.88 Å². The van der Waals surface area contributed by atoms with E-state index in [2.05, 4.69) is 21.4 Å². The molecule has 6 nitrogen and oxygen atoms in total. The van der Waals surface area contributed by atoms with Gasteiger partial charge in [-0.2, -0.15) is 4.98 Å². The molecule has 1 fully saturated rings. The molecule has 1 saturated heterocycles. The van der Waals surface area contributed by atoms with Gasteiger partial charge in [-0.25, -0.2) is 4.98 Å². The molecule has 1 unspecified atom stereocenters. The van der Waals surface area contributed by atoms with Crippen LogP contribution in [0.5, 0.6) is 11.6 Å². The van der Waals surface area contributed by atoms with Gasteiger partial charge in [0.05, 0.1) is 6.10 Å². The Labute approximate surface area is 136 Å². The zero-order chi connectivity index (χ0) is 16.2. The lowest BCUT2D eigenvalue weighted by molar-refractivity contribution is 0.120. The van der Waals surface area contributed by atoms with E-state index in [0.29, 0.717) is 23.9 Å². The van der Waals surface area contributed by atoms with E-state index in [4.69, 9.17) is 15.2 Å². The first kappa shape index (κ1) is 15.6. The van der Waals surface area contributed by atoms with E-state index in [1.165, 1.54) is 6.33 Å². The van der Waals surface area contributed by atoms with Crippen molar-refractivity contribution in [2.75, 3.05) is 24.2 Å². The Balaban J connectivity index is 1.73. The Bertz CT molecular complexity index is 664. The molecule has 2 heterocycles. The maximum atomic E-state index is 6.14. The van der Waals surface area contributed by atoms with Crippen LogP contribution in [-0.2, 0) is 4.74 Å². The lowest BCUT2D eigenvalue weighted by Crippen LogP contribution is -2.19. The van der Waals surface area contributed by atoms with Gasteiger partial charge in [-0.3, -0.25) is 0 Å². The summed E-state index contributed by atoms with van der Waals surface area (Å²) in [7, 11) is 0. The summed E-state index contributed by atoms with van der Waals surface area (Å²) in [4.78, 5) is 8.34. The van der Waals surface area contributed by atoms with Crippen LogP contribution < -0.4 is 15.8 Å². The van der Waals surface area contributed by atoms with Crippen LogP contribution in [0.15, 0.2) is 24.5 Å². The monoisotopic (exact) mass is 314 g/mol. The highest BCUT2D eigenvalue weighted by Crippen LogP contribution is 2.30. The molecular weight excluding hydrogens is 292 g/mol. The van der Waals surface area contributed by atoms with Gasteiger partial charge in [0.15, 0.2) is 5.82 Å². The van der Waals surface area contributed by atoms with Crippen LogP contribution >= 0.6 is 0 Å². The van der Waals surface area contributed by atoms with Crippen LogP contribution in [0.25, 0.3) is 0 Å². The van der Waals surface area contributed by atoms with E-state index in [9.17, 15) is 0 Å². The molecule has 1 atom stereocenters. The standard InChI is InChI=1S/C17H22N4O2/c1-11-6-12(2)8-14(7-11)23-17-15(18)16(20-10-21-17)19-9-13-4-3-5-22-13/h6-8,10,13H,3-5,9,18H2,1-2H3,(H,19,20,21). The summed E-state index contributed by atoms with van der Waals surface area (Å²) in [5.74, 6) is 1.66. The molecular formula is C17H22N4O2. The van der Waals surface area contributed by atoms with Crippen molar-refractivity contribution in [3.05, 3.63) is 35.7 Å². The zero-order valence-electron chi connectivity index (χ0n) is 13.5. The number of nitrogens with one attached hydrogen (secondary N) is 1. The molecule has 1 aliphatic rings. The first-order chi connectivity index (χ1) is 11.1. The second-order valence-corrected chi connectivity index (χ2v) is 5.88. The van der Waals surface area contributed by atoms with Gasteiger partial charge in [-0.1, -0.05) is 6.07 Å². The molecule has 3 rings (SSSR count). The molecule has 0 amide bonds. The van der Waals surface area contributed by atoms with Crippen LogP contribution in [0, 0.1) is 13.8 Å². The summed E-state index contributed by atoms with van der Waals surface area (Å²) in [6, 6.07) is 5.99. The van der Waals surface area contributed by atoms with Crippen LogP contribution in [0.1, 0.15) is 24.0 Å². The van der Waals surface area contributed by atoms with E-state index < -0.39 is 0 Å². The number of aryl methyl sites for hydroxylation is 2. The van der Waals surface area contributed by atoms with Crippen molar-refractivity contribution in [2.24, 2.45) is 0 Å². The number of rotatable bonds is 5. The average Bonchev–Trinajstić information content (AvgIpc) is 3.00. The predicted octanol–water partition coefficient (Wildman–Crippen LogP) is 3.06. The fourth-order valence-electron chi connectivity index (χ4n) is 2.72. The Morgan fingerprint density at radius 2 is 2.04 bits per heavy atom. The maximum Gasteiger partial charge on any atom is 0.248 e. The van der Waals surface area contributed by atoms with Gasteiger partial charge in [0.25, 0.3) is 0 Å². The number of nitrogens with zero attached hydrogens (tertiary/aromatic N) is 2. The summed E-state index contributed by atoms with van der Waals surface area (Å²) in [6.07, 6.45) is 3.83. The van der Waals surface area contributed by atoms with Crippen molar-refractivity contribution in [3.63, 3.8) is 0 Å². The summed E-state index contributed by atoms with van der Waals surface area (Å²) in [5, 5.41) is 3.22.